The van der Waals surface area contributed by atoms with Gasteiger partial charge in [-0.15, -0.1) is 0 Å². The monoisotopic (exact) mass is 261 g/mol. The van der Waals surface area contributed by atoms with E-state index < -0.39 is 0 Å². The van der Waals surface area contributed by atoms with Crippen LogP contribution < -0.4 is 0 Å². The molecule has 1 heterocycles. The van der Waals surface area contributed by atoms with Crippen molar-refractivity contribution < 1.29 is 9.90 Å². The predicted molar refractivity (Wildman–Crippen MR) is 75.9 cm³/mol. The lowest BCUT2D eigenvalue weighted by atomic mass is 9.99. The van der Waals surface area contributed by atoms with Gasteiger partial charge in [0.2, 0.25) is 5.91 Å². The first-order valence-corrected chi connectivity index (χ1v) is 7.13. The van der Waals surface area contributed by atoms with E-state index in [0.717, 1.165) is 24.9 Å². The third-order valence-electron chi connectivity index (χ3n) is 3.94. The van der Waals surface area contributed by atoms with Crippen molar-refractivity contribution in [1.29, 1.82) is 0 Å². The quantitative estimate of drug-likeness (QED) is 0.905. The molecular formula is C16H23NO2. The summed E-state index contributed by atoms with van der Waals surface area (Å²) in [5.41, 5.74) is 1.06. The zero-order valence-corrected chi connectivity index (χ0v) is 11.7. The summed E-state index contributed by atoms with van der Waals surface area (Å²) in [6.45, 7) is 4.59. The van der Waals surface area contributed by atoms with Crippen molar-refractivity contribution in [3.63, 3.8) is 0 Å². The molecule has 3 atom stereocenters. The van der Waals surface area contributed by atoms with Crippen molar-refractivity contribution in [2.24, 2.45) is 0 Å². The van der Waals surface area contributed by atoms with E-state index in [4.69, 9.17) is 0 Å². The fourth-order valence-corrected chi connectivity index (χ4v) is 2.90. The molecule has 104 valence electrons. The molecule has 1 aromatic carbocycles. The van der Waals surface area contributed by atoms with Gasteiger partial charge in [-0.3, -0.25) is 4.79 Å². The molecule has 3 unspecified atom stereocenters. The highest BCUT2D eigenvalue weighted by Gasteiger charge is 2.32. The summed E-state index contributed by atoms with van der Waals surface area (Å²) >= 11 is 0. The molecular weight excluding hydrogens is 238 g/mol. The number of aliphatic hydroxyl groups excluding tert-OH is 1. The predicted octanol–water partition coefficient (Wildman–Crippen LogP) is 2.55. The highest BCUT2D eigenvalue weighted by atomic mass is 16.3. The van der Waals surface area contributed by atoms with Crippen LogP contribution in [0.1, 0.15) is 44.6 Å². The molecule has 3 heteroatoms. The van der Waals surface area contributed by atoms with Crippen LogP contribution in [0.25, 0.3) is 0 Å². The van der Waals surface area contributed by atoms with E-state index in [9.17, 15) is 9.90 Å². The maximum Gasteiger partial charge on any atom is 0.230 e. The molecule has 2 rings (SSSR count). The van der Waals surface area contributed by atoms with Crippen LogP contribution in [0, 0.1) is 0 Å². The summed E-state index contributed by atoms with van der Waals surface area (Å²) in [6, 6.07) is 10.1. The molecule has 3 nitrogen and oxygen atoms in total. The van der Waals surface area contributed by atoms with E-state index in [1.165, 1.54) is 0 Å². The third kappa shape index (κ3) is 3.35. The zero-order chi connectivity index (χ0) is 13.8. The molecule has 1 fully saturated rings. The van der Waals surface area contributed by atoms with Gasteiger partial charge in [0.25, 0.3) is 0 Å². The summed E-state index contributed by atoms with van der Waals surface area (Å²) in [6.07, 6.45) is 2.40. The lowest BCUT2D eigenvalue weighted by Gasteiger charge is -2.28. The van der Waals surface area contributed by atoms with Crippen LogP contribution in [0.15, 0.2) is 30.3 Å². The van der Waals surface area contributed by atoms with Gasteiger partial charge in [0.05, 0.1) is 12.0 Å². The number of likely N-dealkylation sites (tertiary alicyclic amines) is 1. The fraction of sp³-hybridized carbons (Fsp3) is 0.562. The molecule has 1 aliphatic rings. The largest absolute Gasteiger partial charge is 0.393 e. The highest BCUT2D eigenvalue weighted by Crippen LogP contribution is 2.26. The SMILES string of the molecule is CC(O)CC1CCCN1C(=O)C(C)c1ccccc1. The molecule has 1 saturated heterocycles. The molecule has 0 aliphatic carbocycles. The minimum absolute atomic E-state index is 0.101. The first-order valence-electron chi connectivity index (χ1n) is 7.13. The van der Waals surface area contributed by atoms with Gasteiger partial charge in [0.1, 0.15) is 0 Å². The molecule has 0 spiro atoms. The molecule has 19 heavy (non-hydrogen) atoms. The van der Waals surface area contributed by atoms with Crippen LogP contribution >= 0.6 is 0 Å². The summed E-state index contributed by atoms with van der Waals surface area (Å²) in [5.74, 6) is 0.0881. The van der Waals surface area contributed by atoms with Crippen LogP contribution in [0.4, 0.5) is 0 Å². The average molecular weight is 261 g/mol. The Morgan fingerprint density at radius 1 is 1.37 bits per heavy atom. The number of benzene rings is 1. The van der Waals surface area contributed by atoms with Crippen molar-refractivity contribution in [3.8, 4) is 0 Å². The minimum Gasteiger partial charge on any atom is -0.393 e. The highest BCUT2D eigenvalue weighted by molar-refractivity contribution is 5.83. The van der Waals surface area contributed by atoms with Crippen molar-refractivity contribution in [1.82, 2.24) is 4.90 Å². The van der Waals surface area contributed by atoms with Gasteiger partial charge in [-0.25, -0.2) is 0 Å². The summed E-state index contributed by atoms with van der Waals surface area (Å²) in [4.78, 5) is 14.5. The molecule has 0 aromatic heterocycles. The first-order chi connectivity index (χ1) is 9.09. The summed E-state index contributed by atoms with van der Waals surface area (Å²) < 4.78 is 0. The van der Waals surface area contributed by atoms with Crippen molar-refractivity contribution in [3.05, 3.63) is 35.9 Å². The van der Waals surface area contributed by atoms with Crippen molar-refractivity contribution >= 4 is 5.91 Å². The maximum absolute atomic E-state index is 12.6. The second-order valence-corrected chi connectivity index (χ2v) is 5.54. The van der Waals surface area contributed by atoms with E-state index in [2.05, 4.69) is 0 Å². The van der Waals surface area contributed by atoms with Gasteiger partial charge in [0.15, 0.2) is 0 Å². The van der Waals surface area contributed by atoms with E-state index >= 15 is 0 Å². The minimum atomic E-state index is -0.342. The number of carbonyl (C=O) groups excluding carboxylic acids is 1. The van der Waals surface area contributed by atoms with Gasteiger partial charge < -0.3 is 10.0 Å². The number of carbonyl (C=O) groups is 1. The zero-order valence-electron chi connectivity index (χ0n) is 11.7. The number of amides is 1. The molecule has 0 radical (unpaired) electrons. The van der Waals surface area contributed by atoms with E-state index in [1.54, 1.807) is 6.92 Å². The third-order valence-corrected chi connectivity index (χ3v) is 3.94. The van der Waals surface area contributed by atoms with Crippen molar-refractivity contribution in [2.45, 2.75) is 51.2 Å². The molecule has 1 N–H and O–H groups in total. The molecule has 1 amide bonds. The number of nitrogens with zero attached hydrogens (tertiary/aromatic N) is 1. The van der Waals surface area contributed by atoms with Gasteiger partial charge in [-0.2, -0.15) is 0 Å². The van der Waals surface area contributed by atoms with Crippen LogP contribution in [-0.4, -0.2) is 34.6 Å². The smallest absolute Gasteiger partial charge is 0.230 e. The fourth-order valence-electron chi connectivity index (χ4n) is 2.90. The average Bonchev–Trinajstić information content (AvgIpc) is 2.85. The molecule has 0 saturated carbocycles. The van der Waals surface area contributed by atoms with Gasteiger partial charge in [-0.1, -0.05) is 30.3 Å². The number of hydrogen-bond donors (Lipinski definition) is 1. The standard InChI is InChI=1S/C16H23NO2/c1-12(18)11-15-9-6-10-17(15)16(19)13(2)14-7-4-3-5-8-14/h3-5,7-8,12-13,15,18H,6,9-11H2,1-2H3. The second-order valence-electron chi connectivity index (χ2n) is 5.54. The Balaban J connectivity index is 2.06. The number of hydrogen-bond acceptors (Lipinski definition) is 2. The first kappa shape index (κ1) is 14.1. The Morgan fingerprint density at radius 3 is 2.68 bits per heavy atom. The van der Waals surface area contributed by atoms with Crippen LogP contribution in [0.5, 0.6) is 0 Å². The van der Waals surface area contributed by atoms with Gasteiger partial charge in [-0.05, 0) is 38.7 Å². The number of rotatable bonds is 4. The number of aliphatic hydroxyl groups is 1. The van der Waals surface area contributed by atoms with Crippen LogP contribution in [0.2, 0.25) is 0 Å². The molecule has 0 bridgehead atoms. The summed E-state index contributed by atoms with van der Waals surface area (Å²) in [5, 5.41) is 9.53. The topological polar surface area (TPSA) is 40.5 Å². The lowest BCUT2D eigenvalue weighted by molar-refractivity contribution is -0.133. The molecule has 1 aromatic rings. The Morgan fingerprint density at radius 2 is 2.05 bits per heavy atom. The maximum atomic E-state index is 12.6. The van der Waals surface area contributed by atoms with Gasteiger partial charge >= 0.3 is 0 Å². The van der Waals surface area contributed by atoms with E-state index in [0.29, 0.717) is 6.42 Å². The van der Waals surface area contributed by atoms with Crippen LogP contribution in [0.3, 0.4) is 0 Å². The van der Waals surface area contributed by atoms with Crippen LogP contribution in [-0.2, 0) is 4.79 Å². The van der Waals surface area contributed by atoms with Gasteiger partial charge in [0, 0.05) is 12.6 Å². The Bertz CT molecular complexity index is 416. The van der Waals surface area contributed by atoms with E-state index in [-0.39, 0.29) is 24.0 Å². The van der Waals surface area contributed by atoms with E-state index in [1.807, 2.05) is 42.2 Å². The second kappa shape index (κ2) is 6.20. The molecule has 1 aliphatic heterocycles. The van der Waals surface area contributed by atoms with Crippen molar-refractivity contribution in [2.75, 3.05) is 6.54 Å². The lowest BCUT2D eigenvalue weighted by Crippen LogP contribution is -2.39. The Kier molecular flexibility index (Phi) is 4.59. The normalized spacial score (nSPS) is 22.3. The summed E-state index contributed by atoms with van der Waals surface area (Å²) in [7, 11) is 0. The Hall–Kier alpha value is -1.35. The Labute approximate surface area is 115 Å².